The van der Waals surface area contributed by atoms with Crippen molar-refractivity contribution in [2.24, 2.45) is 0 Å². The van der Waals surface area contributed by atoms with Crippen molar-refractivity contribution in [3.8, 4) is 11.1 Å². The van der Waals surface area contributed by atoms with Crippen molar-refractivity contribution in [2.45, 2.75) is 42.9 Å². The number of hydrogen-bond acceptors (Lipinski definition) is 3. The molecule has 7 aromatic rings. The molecule has 4 aliphatic heterocycles. The molecular weight excluding hydrogens is 760 g/mol. The van der Waals surface area contributed by atoms with Crippen molar-refractivity contribution in [1.29, 1.82) is 0 Å². The zero-order valence-corrected chi connectivity index (χ0v) is 32.2. The van der Waals surface area contributed by atoms with Gasteiger partial charge in [-0.05, 0) is 96.1 Å². The van der Waals surface area contributed by atoms with Gasteiger partial charge in [-0.15, -0.1) is 0 Å². The first-order valence-electron chi connectivity index (χ1n) is 19.1. The van der Waals surface area contributed by atoms with Gasteiger partial charge in [0, 0.05) is 43.8 Å². The van der Waals surface area contributed by atoms with Crippen LogP contribution < -0.4 is 42.6 Å². The van der Waals surface area contributed by atoms with Gasteiger partial charge in [-0.1, -0.05) is 119 Å². The maximum atomic E-state index is 15.7. The van der Waals surface area contributed by atoms with E-state index in [1.807, 2.05) is 50.2 Å². The largest absolute Gasteiger partial charge is 0.418 e. The molecule has 0 saturated carbocycles. The van der Waals surface area contributed by atoms with Gasteiger partial charge in [0.05, 0.1) is 16.8 Å². The van der Waals surface area contributed by atoms with Crippen LogP contribution in [0.4, 0.5) is 60.5 Å². The molecule has 0 N–H and O–H groups in total. The predicted octanol–water partition coefficient (Wildman–Crippen LogP) is 9.69. The van der Waals surface area contributed by atoms with Gasteiger partial charge in [-0.3, -0.25) is 0 Å². The van der Waals surface area contributed by atoms with Gasteiger partial charge in [0.15, 0.2) is 0 Å². The van der Waals surface area contributed by atoms with Crippen LogP contribution in [0, 0.1) is 20.8 Å². The third-order valence-electron chi connectivity index (χ3n) is 12.1. The van der Waals surface area contributed by atoms with Gasteiger partial charge in [0.1, 0.15) is 0 Å². The molecule has 0 aliphatic carbocycles. The molecule has 0 saturated heterocycles. The number of fused-ring (bicyclic) bond motifs is 10. The fourth-order valence-corrected chi connectivity index (χ4v) is 11.0. The Morgan fingerprint density at radius 1 is 0.466 bits per heavy atom. The zero-order valence-electron chi connectivity index (χ0n) is 31.3. The van der Waals surface area contributed by atoms with E-state index in [0.29, 0.717) is 11.4 Å². The Hall–Kier alpha value is -5.80. The lowest BCUT2D eigenvalue weighted by Crippen LogP contribution is -2.68. The minimum atomic E-state index is -5.15. The average Bonchev–Trinajstić information content (AvgIpc) is 3.19. The first-order chi connectivity index (χ1) is 27.8. The van der Waals surface area contributed by atoms with Crippen LogP contribution in [0.5, 0.6) is 0 Å². The number of rotatable bonds is 2. The predicted molar refractivity (Wildman–Crippen MR) is 225 cm³/mol. The molecule has 58 heavy (non-hydrogen) atoms. The zero-order chi connectivity index (χ0) is 40.0. The molecular formula is C47H30B2F6N2S. The first-order valence-corrected chi connectivity index (χ1v) is 19.9. The van der Waals surface area contributed by atoms with E-state index < -0.39 is 23.5 Å². The second-order valence-electron chi connectivity index (χ2n) is 15.7. The van der Waals surface area contributed by atoms with Crippen LogP contribution in [0.15, 0.2) is 137 Å². The topological polar surface area (TPSA) is 6.48 Å². The molecule has 11 heteroatoms. The fraction of sp³-hybridized carbons (Fsp3) is 0.106. The molecule has 7 aromatic carbocycles. The van der Waals surface area contributed by atoms with Crippen LogP contribution in [-0.2, 0) is 12.4 Å². The van der Waals surface area contributed by atoms with E-state index >= 15 is 13.2 Å². The lowest BCUT2D eigenvalue weighted by Gasteiger charge is -2.50. The average molecular weight is 790 g/mol. The number of anilines is 6. The Morgan fingerprint density at radius 3 is 1.57 bits per heavy atom. The Morgan fingerprint density at radius 2 is 1.00 bits per heavy atom. The third kappa shape index (κ3) is 4.98. The summed E-state index contributed by atoms with van der Waals surface area (Å²) in [6.07, 6.45) is -10.2. The summed E-state index contributed by atoms with van der Waals surface area (Å²) < 4.78 is 91.0. The second kappa shape index (κ2) is 12.1. The lowest BCUT2D eigenvalue weighted by atomic mass is 9.29. The summed E-state index contributed by atoms with van der Waals surface area (Å²) in [5, 5.41) is 0. The quantitative estimate of drug-likeness (QED) is 0.127. The molecule has 4 aliphatic rings. The smallest absolute Gasteiger partial charge is 0.312 e. The van der Waals surface area contributed by atoms with Crippen LogP contribution >= 0.6 is 11.8 Å². The Bertz CT molecular complexity index is 2930. The monoisotopic (exact) mass is 790 g/mol. The summed E-state index contributed by atoms with van der Waals surface area (Å²) >= 11 is 1.59. The van der Waals surface area contributed by atoms with Gasteiger partial charge in [-0.25, -0.2) is 0 Å². The summed E-state index contributed by atoms with van der Waals surface area (Å²) in [6, 6.07) is 38.2. The Labute approximate surface area is 336 Å². The van der Waals surface area contributed by atoms with Crippen molar-refractivity contribution in [2.75, 3.05) is 9.80 Å². The lowest BCUT2D eigenvalue weighted by molar-refractivity contribution is -0.142. The van der Waals surface area contributed by atoms with Crippen molar-refractivity contribution >= 4 is 92.1 Å². The maximum Gasteiger partial charge on any atom is 0.418 e. The van der Waals surface area contributed by atoms with Crippen molar-refractivity contribution in [1.82, 2.24) is 0 Å². The Kier molecular flexibility index (Phi) is 7.39. The minimum absolute atomic E-state index is 0.157. The fourth-order valence-electron chi connectivity index (χ4n) is 9.78. The van der Waals surface area contributed by atoms with Crippen LogP contribution in [0.3, 0.4) is 0 Å². The number of benzene rings is 7. The minimum Gasteiger partial charge on any atom is -0.312 e. The Balaban J connectivity index is 1.33. The standard InChI is InChI=1S/C47H30B2F6N2S/c1-25-13-16-36-33(19-25)48-32-11-7-8-12-40(32)58-41-24-39-42-45(43(41)48)56(36)37-17-14-26(2)20-34(37)49(42)35-21-27(3)15-18-38(35)57(39)44-30(28-9-5-4-6-10-28)22-29(46(50,51)52)23-31(44)47(53,54)55/h4-24H,1-3H3. The molecule has 0 spiro atoms. The van der Waals surface area contributed by atoms with Crippen molar-refractivity contribution in [3.05, 3.63) is 155 Å². The highest BCUT2D eigenvalue weighted by Gasteiger charge is 2.52. The molecule has 0 bridgehead atoms. The first kappa shape index (κ1) is 35.4. The number of hydrogen-bond donors (Lipinski definition) is 0. The van der Waals surface area contributed by atoms with E-state index in [2.05, 4.69) is 60.4 Å². The van der Waals surface area contributed by atoms with E-state index in [4.69, 9.17) is 0 Å². The molecule has 0 aromatic heterocycles. The molecule has 282 valence electrons. The second-order valence-corrected chi connectivity index (χ2v) is 16.8. The van der Waals surface area contributed by atoms with Gasteiger partial charge in [0.2, 0.25) is 6.71 Å². The summed E-state index contributed by atoms with van der Waals surface area (Å²) in [7, 11) is 0. The highest BCUT2D eigenvalue weighted by atomic mass is 32.2. The van der Waals surface area contributed by atoms with E-state index in [9.17, 15) is 13.2 Å². The molecule has 0 radical (unpaired) electrons. The molecule has 0 fully saturated rings. The van der Waals surface area contributed by atoms with Gasteiger partial charge in [0.25, 0.3) is 6.71 Å². The van der Waals surface area contributed by atoms with E-state index in [-0.39, 0.29) is 36.3 Å². The van der Waals surface area contributed by atoms with Crippen LogP contribution in [0.2, 0.25) is 0 Å². The van der Waals surface area contributed by atoms with E-state index in [1.165, 1.54) is 0 Å². The third-order valence-corrected chi connectivity index (χ3v) is 13.2. The molecule has 0 unspecified atom stereocenters. The number of alkyl halides is 6. The molecule has 4 heterocycles. The van der Waals surface area contributed by atoms with Crippen LogP contribution in [0.1, 0.15) is 27.8 Å². The summed E-state index contributed by atoms with van der Waals surface area (Å²) in [5.41, 5.74) is 10.0. The summed E-state index contributed by atoms with van der Waals surface area (Å²) in [6.45, 7) is 5.54. The molecule has 2 nitrogen and oxygen atoms in total. The van der Waals surface area contributed by atoms with Gasteiger partial charge < -0.3 is 9.80 Å². The molecule has 0 atom stereocenters. The van der Waals surface area contributed by atoms with Crippen molar-refractivity contribution in [3.63, 3.8) is 0 Å². The maximum absolute atomic E-state index is 15.7. The highest BCUT2D eigenvalue weighted by molar-refractivity contribution is 8.00. The van der Waals surface area contributed by atoms with Crippen LogP contribution in [0.25, 0.3) is 11.1 Å². The van der Waals surface area contributed by atoms with Gasteiger partial charge >= 0.3 is 12.4 Å². The number of aryl methyl sites for hydroxylation is 3. The van der Waals surface area contributed by atoms with Crippen molar-refractivity contribution < 1.29 is 26.3 Å². The number of halogens is 6. The number of nitrogens with zero attached hydrogens (tertiary/aromatic N) is 2. The van der Waals surface area contributed by atoms with E-state index in [1.54, 1.807) is 47.0 Å². The normalized spacial score (nSPS) is 14.4. The summed E-state index contributed by atoms with van der Waals surface area (Å²) in [5.74, 6) is 0. The van der Waals surface area contributed by atoms with Gasteiger partial charge in [-0.2, -0.15) is 26.3 Å². The summed E-state index contributed by atoms with van der Waals surface area (Å²) in [4.78, 5) is 5.84. The SMILES string of the molecule is Cc1ccc2c(c1)B1c3cc(C)ccc3N3c4ccc(C)cc4B4c5ccccc5Sc5cc(c1c3c54)N2c1c(-c2ccccc2)cc(C(F)(F)F)cc1C(F)(F)F. The van der Waals surface area contributed by atoms with E-state index in [0.717, 1.165) is 82.4 Å². The highest BCUT2D eigenvalue weighted by Crippen LogP contribution is 2.53. The molecule has 0 amide bonds. The molecule has 11 rings (SSSR count). The van der Waals surface area contributed by atoms with Crippen LogP contribution in [-0.4, -0.2) is 13.4 Å².